The first-order chi connectivity index (χ1) is 10.9. The molecule has 0 bridgehead atoms. The summed E-state index contributed by atoms with van der Waals surface area (Å²) in [6.07, 6.45) is 4.47. The highest BCUT2D eigenvalue weighted by Gasteiger charge is 2.40. The standard InChI is InChI=1S/C16H26N2O5/c1-10(19)18-9-12(20)8-13(18)15(21)17-14(16(22)23-2)11-6-4-3-5-7-11/h11-14,20H,3-9H2,1-2H3,(H,17,21)/t12-,13+,14+/m1/s1. The average Bonchev–Trinajstić information content (AvgIpc) is 2.95. The summed E-state index contributed by atoms with van der Waals surface area (Å²) in [5, 5.41) is 12.5. The normalized spacial score (nSPS) is 26.7. The van der Waals surface area contributed by atoms with Gasteiger partial charge in [-0.3, -0.25) is 9.59 Å². The highest BCUT2D eigenvalue weighted by Crippen LogP contribution is 2.27. The minimum Gasteiger partial charge on any atom is -0.467 e. The number of amides is 2. The van der Waals surface area contributed by atoms with Gasteiger partial charge < -0.3 is 20.1 Å². The van der Waals surface area contributed by atoms with E-state index in [-0.39, 0.29) is 24.8 Å². The second-order valence-electron chi connectivity index (χ2n) is 6.48. The van der Waals surface area contributed by atoms with Gasteiger partial charge in [0.1, 0.15) is 12.1 Å². The monoisotopic (exact) mass is 326 g/mol. The smallest absolute Gasteiger partial charge is 0.328 e. The molecule has 0 unspecified atom stereocenters. The van der Waals surface area contributed by atoms with E-state index < -0.39 is 30.1 Å². The zero-order valence-corrected chi connectivity index (χ0v) is 13.8. The van der Waals surface area contributed by atoms with E-state index in [0.29, 0.717) is 0 Å². The van der Waals surface area contributed by atoms with Crippen LogP contribution in [0.1, 0.15) is 45.4 Å². The highest BCUT2D eigenvalue weighted by atomic mass is 16.5. The lowest BCUT2D eigenvalue weighted by Crippen LogP contribution is -2.53. The Bertz CT molecular complexity index is 461. The van der Waals surface area contributed by atoms with Crippen molar-refractivity contribution in [1.82, 2.24) is 10.2 Å². The number of aliphatic hydroxyl groups is 1. The van der Waals surface area contributed by atoms with Crippen molar-refractivity contribution in [3.8, 4) is 0 Å². The first-order valence-electron chi connectivity index (χ1n) is 8.27. The van der Waals surface area contributed by atoms with Crippen LogP contribution in [0.2, 0.25) is 0 Å². The Balaban J connectivity index is 2.07. The zero-order valence-electron chi connectivity index (χ0n) is 13.8. The summed E-state index contributed by atoms with van der Waals surface area (Å²) in [6.45, 7) is 1.52. The number of aliphatic hydroxyl groups excluding tert-OH is 1. The maximum atomic E-state index is 12.6. The van der Waals surface area contributed by atoms with Crippen molar-refractivity contribution < 1.29 is 24.2 Å². The van der Waals surface area contributed by atoms with Crippen LogP contribution in [0.3, 0.4) is 0 Å². The lowest BCUT2D eigenvalue weighted by Gasteiger charge is -2.31. The number of nitrogens with one attached hydrogen (secondary N) is 1. The fourth-order valence-electron chi connectivity index (χ4n) is 3.62. The molecule has 1 saturated carbocycles. The molecule has 2 aliphatic rings. The van der Waals surface area contributed by atoms with Crippen molar-refractivity contribution in [2.45, 2.75) is 63.6 Å². The highest BCUT2D eigenvalue weighted by molar-refractivity contribution is 5.91. The fourth-order valence-corrected chi connectivity index (χ4v) is 3.62. The van der Waals surface area contributed by atoms with E-state index in [1.165, 1.54) is 18.9 Å². The number of hydrogen-bond acceptors (Lipinski definition) is 5. The van der Waals surface area contributed by atoms with Gasteiger partial charge in [-0.05, 0) is 18.8 Å². The summed E-state index contributed by atoms with van der Waals surface area (Å²) in [5.41, 5.74) is 0. The molecule has 0 spiro atoms. The number of β-amino-alcohol motifs (C(OH)–C–C–N with tert-alkyl or cyclic N) is 1. The predicted molar refractivity (Wildman–Crippen MR) is 82.3 cm³/mol. The van der Waals surface area contributed by atoms with Gasteiger partial charge >= 0.3 is 5.97 Å². The molecule has 0 aromatic heterocycles. The van der Waals surface area contributed by atoms with Crippen molar-refractivity contribution in [2.75, 3.05) is 13.7 Å². The maximum Gasteiger partial charge on any atom is 0.328 e. The largest absolute Gasteiger partial charge is 0.467 e. The van der Waals surface area contributed by atoms with E-state index >= 15 is 0 Å². The molecule has 1 saturated heterocycles. The Hall–Kier alpha value is -1.63. The molecule has 2 fully saturated rings. The lowest BCUT2D eigenvalue weighted by atomic mass is 9.83. The number of likely N-dealkylation sites (tertiary alicyclic amines) is 1. The fraction of sp³-hybridized carbons (Fsp3) is 0.812. The van der Waals surface area contributed by atoms with Crippen LogP contribution in [0.4, 0.5) is 0 Å². The summed E-state index contributed by atoms with van der Waals surface area (Å²) in [5.74, 6) is -1.03. The van der Waals surface area contributed by atoms with E-state index in [1.54, 1.807) is 0 Å². The quantitative estimate of drug-likeness (QED) is 0.720. The van der Waals surface area contributed by atoms with Gasteiger partial charge in [-0.1, -0.05) is 19.3 Å². The summed E-state index contributed by atoms with van der Waals surface area (Å²) >= 11 is 0. The number of rotatable bonds is 4. The molecular formula is C16H26N2O5. The Kier molecular flexibility index (Phi) is 5.98. The predicted octanol–water partition coefficient (Wildman–Crippen LogP) is 0.206. The molecule has 130 valence electrons. The number of methoxy groups -OCH3 is 1. The summed E-state index contributed by atoms with van der Waals surface area (Å²) in [6, 6.07) is -1.41. The summed E-state index contributed by atoms with van der Waals surface area (Å²) in [7, 11) is 1.31. The van der Waals surface area contributed by atoms with Crippen molar-refractivity contribution in [1.29, 1.82) is 0 Å². The molecular weight excluding hydrogens is 300 g/mol. The van der Waals surface area contributed by atoms with Crippen molar-refractivity contribution in [3.05, 3.63) is 0 Å². The number of esters is 1. The van der Waals surface area contributed by atoms with Crippen LogP contribution < -0.4 is 5.32 Å². The van der Waals surface area contributed by atoms with Crippen LogP contribution in [0.15, 0.2) is 0 Å². The second kappa shape index (κ2) is 7.77. The van der Waals surface area contributed by atoms with Crippen LogP contribution in [0.25, 0.3) is 0 Å². The van der Waals surface area contributed by atoms with Gasteiger partial charge in [0.2, 0.25) is 11.8 Å². The van der Waals surface area contributed by atoms with Gasteiger partial charge in [0.25, 0.3) is 0 Å². The second-order valence-corrected chi connectivity index (χ2v) is 6.48. The Morgan fingerprint density at radius 3 is 2.43 bits per heavy atom. The Morgan fingerprint density at radius 1 is 1.22 bits per heavy atom. The number of nitrogens with zero attached hydrogens (tertiary/aromatic N) is 1. The maximum absolute atomic E-state index is 12.6. The molecule has 23 heavy (non-hydrogen) atoms. The topological polar surface area (TPSA) is 95.9 Å². The molecule has 7 heteroatoms. The van der Waals surface area contributed by atoms with E-state index in [4.69, 9.17) is 4.74 Å². The van der Waals surface area contributed by atoms with Gasteiger partial charge in [0.05, 0.1) is 13.2 Å². The summed E-state index contributed by atoms with van der Waals surface area (Å²) in [4.78, 5) is 37.6. The molecule has 1 heterocycles. The molecule has 0 aromatic carbocycles. The number of hydrogen-bond donors (Lipinski definition) is 2. The Morgan fingerprint density at radius 2 is 1.87 bits per heavy atom. The molecule has 0 aromatic rings. The first-order valence-corrected chi connectivity index (χ1v) is 8.27. The van der Waals surface area contributed by atoms with E-state index in [1.807, 2.05) is 0 Å². The molecule has 7 nitrogen and oxygen atoms in total. The molecule has 0 radical (unpaired) electrons. The lowest BCUT2D eigenvalue weighted by molar-refractivity contribution is -0.148. The van der Waals surface area contributed by atoms with Gasteiger partial charge in [0, 0.05) is 19.9 Å². The van der Waals surface area contributed by atoms with Crippen LogP contribution >= 0.6 is 0 Å². The van der Waals surface area contributed by atoms with Gasteiger partial charge in [-0.2, -0.15) is 0 Å². The Labute approximate surface area is 136 Å². The third-order valence-electron chi connectivity index (χ3n) is 4.86. The number of ether oxygens (including phenoxy) is 1. The molecule has 1 aliphatic heterocycles. The van der Waals surface area contributed by atoms with Gasteiger partial charge in [0.15, 0.2) is 0 Å². The number of carbonyl (C=O) groups is 3. The molecule has 1 aliphatic carbocycles. The van der Waals surface area contributed by atoms with Crippen molar-refractivity contribution in [3.63, 3.8) is 0 Å². The third-order valence-corrected chi connectivity index (χ3v) is 4.86. The van der Waals surface area contributed by atoms with Crippen molar-refractivity contribution in [2.24, 2.45) is 5.92 Å². The molecule has 2 amide bonds. The third kappa shape index (κ3) is 4.22. The van der Waals surface area contributed by atoms with E-state index in [2.05, 4.69) is 5.32 Å². The molecule has 2 rings (SSSR count). The van der Waals surface area contributed by atoms with Crippen LogP contribution in [-0.4, -0.2) is 59.6 Å². The first kappa shape index (κ1) is 17.7. The van der Waals surface area contributed by atoms with Crippen LogP contribution in [0.5, 0.6) is 0 Å². The molecule has 3 atom stereocenters. The number of carbonyl (C=O) groups excluding carboxylic acids is 3. The van der Waals surface area contributed by atoms with Gasteiger partial charge in [-0.15, -0.1) is 0 Å². The average molecular weight is 326 g/mol. The van der Waals surface area contributed by atoms with Crippen LogP contribution in [-0.2, 0) is 19.1 Å². The minimum atomic E-state index is -0.724. The summed E-state index contributed by atoms with van der Waals surface area (Å²) < 4.78 is 4.84. The minimum absolute atomic E-state index is 0.0669. The molecule has 2 N–H and O–H groups in total. The van der Waals surface area contributed by atoms with E-state index in [9.17, 15) is 19.5 Å². The zero-order chi connectivity index (χ0) is 17.0. The van der Waals surface area contributed by atoms with E-state index in [0.717, 1.165) is 32.1 Å². The SMILES string of the molecule is COC(=O)[C@@H](NC(=O)[C@@H]1C[C@@H](O)CN1C(C)=O)C1CCCCC1. The van der Waals surface area contributed by atoms with Gasteiger partial charge in [-0.25, -0.2) is 4.79 Å². The van der Waals surface area contributed by atoms with Crippen molar-refractivity contribution >= 4 is 17.8 Å². The van der Waals surface area contributed by atoms with Crippen LogP contribution in [0, 0.1) is 5.92 Å².